The maximum Gasteiger partial charge on any atom is 0.202 e. The Balaban J connectivity index is 1.93. The smallest absolute Gasteiger partial charge is 0.202 e. The van der Waals surface area contributed by atoms with Gasteiger partial charge in [-0.05, 0) is 6.07 Å². The molecule has 0 radical (unpaired) electrons. The Hall–Kier alpha value is -3.21. The van der Waals surface area contributed by atoms with Gasteiger partial charge >= 0.3 is 0 Å². The summed E-state index contributed by atoms with van der Waals surface area (Å²) < 4.78 is 3.97. The fourth-order valence-corrected chi connectivity index (χ4v) is 3.24. The summed E-state index contributed by atoms with van der Waals surface area (Å²) in [7, 11) is 2.06. The standard InChI is InChI=1S/C18H13N5/c1-22-15-10-6-5-9-13(15)14-11-19-23-17(12-7-3-2-4-8-12)20-21-18(23)16(14)22/h2-11H,1H3. The zero-order valence-corrected chi connectivity index (χ0v) is 12.5. The van der Waals surface area contributed by atoms with Crippen molar-refractivity contribution in [1.82, 2.24) is 24.4 Å². The van der Waals surface area contributed by atoms with Crippen molar-refractivity contribution < 1.29 is 0 Å². The van der Waals surface area contributed by atoms with Crippen LogP contribution in [0.1, 0.15) is 0 Å². The van der Waals surface area contributed by atoms with Gasteiger partial charge in [-0.25, -0.2) is 0 Å². The van der Waals surface area contributed by atoms with Crippen LogP contribution in [0.2, 0.25) is 0 Å². The van der Waals surface area contributed by atoms with E-state index in [0.29, 0.717) is 0 Å². The molecule has 0 fully saturated rings. The van der Waals surface area contributed by atoms with E-state index in [1.807, 2.05) is 53.2 Å². The summed E-state index contributed by atoms with van der Waals surface area (Å²) in [4.78, 5) is 0. The molecule has 0 spiro atoms. The molecule has 0 aliphatic heterocycles. The van der Waals surface area contributed by atoms with Crippen molar-refractivity contribution >= 4 is 27.5 Å². The van der Waals surface area contributed by atoms with Crippen LogP contribution in [0.4, 0.5) is 0 Å². The van der Waals surface area contributed by atoms with Gasteiger partial charge in [-0.2, -0.15) is 9.61 Å². The predicted molar refractivity (Wildman–Crippen MR) is 90.2 cm³/mol. The van der Waals surface area contributed by atoms with Gasteiger partial charge in [0.05, 0.1) is 11.7 Å². The van der Waals surface area contributed by atoms with Crippen molar-refractivity contribution in [3.63, 3.8) is 0 Å². The molecule has 2 aromatic carbocycles. The van der Waals surface area contributed by atoms with Gasteiger partial charge in [0.2, 0.25) is 5.65 Å². The second kappa shape index (κ2) is 4.39. The van der Waals surface area contributed by atoms with E-state index in [2.05, 4.69) is 39.0 Å². The van der Waals surface area contributed by atoms with E-state index in [0.717, 1.165) is 27.9 Å². The van der Waals surface area contributed by atoms with Gasteiger partial charge in [0, 0.05) is 28.9 Å². The molecule has 3 heterocycles. The lowest BCUT2D eigenvalue weighted by molar-refractivity contribution is 0.934. The molecule has 0 aliphatic rings. The van der Waals surface area contributed by atoms with Crippen LogP contribution in [-0.4, -0.2) is 24.4 Å². The first-order chi connectivity index (χ1) is 11.3. The van der Waals surface area contributed by atoms with Crippen LogP contribution in [0.15, 0.2) is 60.8 Å². The number of nitrogens with zero attached hydrogens (tertiary/aromatic N) is 5. The van der Waals surface area contributed by atoms with E-state index in [-0.39, 0.29) is 0 Å². The fourth-order valence-electron chi connectivity index (χ4n) is 3.24. The molecule has 0 amide bonds. The Kier molecular flexibility index (Phi) is 2.36. The Morgan fingerprint density at radius 3 is 2.48 bits per heavy atom. The number of benzene rings is 2. The van der Waals surface area contributed by atoms with Crippen molar-refractivity contribution in [2.24, 2.45) is 7.05 Å². The maximum atomic E-state index is 4.59. The highest BCUT2D eigenvalue weighted by Crippen LogP contribution is 2.30. The van der Waals surface area contributed by atoms with Gasteiger partial charge in [0.1, 0.15) is 0 Å². The minimum Gasteiger partial charge on any atom is -0.340 e. The lowest BCUT2D eigenvalue weighted by atomic mass is 10.2. The van der Waals surface area contributed by atoms with Crippen LogP contribution >= 0.6 is 0 Å². The van der Waals surface area contributed by atoms with Crippen LogP contribution in [0.3, 0.4) is 0 Å². The highest BCUT2D eigenvalue weighted by atomic mass is 15.4. The van der Waals surface area contributed by atoms with E-state index < -0.39 is 0 Å². The molecule has 0 atom stereocenters. The van der Waals surface area contributed by atoms with E-state index in [1.54, 1.807) is 0 Å². The third kappa shape index (κ3) is 1.59. The molecule has 5 heteroatoms. The molecular formula is C18H13N5. The van der Waals surface area contributed by atoms with Crippen molar-refractivity contribution in [2.75, 3.05) is 0 Å². The molecule has 0 saturated heterocycles. The minimum absolute atomic E-state index is 0.757. The summed E-state index contributed by atoms with van der Waals surface area (Å²) in [5.41, 5.74) is 4.00. The van der Waals surface area contributed by atoms with Gasteiger partial charge in [0.25, 0.3) is 0 Å². The Bertz CT molecular complexity index is 1170. The third-order valence-electron chi connectivity index (χ3n) is 4.33. The average Bonchev–Trinajstić information content (AvgIpc) is 3.16. The van der Waals surface area contributed by atoms with Gasteiger partial charge in [-0.15, -0.1) is 10.2 Å². The largest absolute Gasteiger partial charge is 0.340 e. The molecule has 3 aromatic heterocycles. The number of fused-ring (bicyclic) bond motifs is 5. The minimum atomic E-state index is 0.757. The SMILES string of the molecule is Cn1c2ccccc2c2cnn3c(-c4ccccc4)nnc3c21. The van der Waals surface area contributed by atoms with Gasteiger partial charge in [0.15, 0.2) is 5.82 Å². The highest BCUT2D eigenvalue weighted by molar-refractivity contribution is 6.11. The molecule has 0 N–H and O–H groups in total. The Morgan fingerprint density at radius 2 is 1.61 bits per heavy atom. The Labute approximate surface area is 131 Å². The van der Waals surface area contributed by atoms with Crippen molar-refractivity contribution in [1.29, 1.82) is 0 Å². The molecule has 5 nitrogen and oxygen atoms in total. The number of para-hydroxylation sites is 1. The van der Waals surface area contributed by atoms with E-state index in [9.17, 15) is 0 Å². The molecule has 5 rings (SSSR count). The first-order valence-corrected chi connectivity index (χ1v) is 7.47. The van der Waals surface area contributed by atoms with E-state index in [4.69, 9.17) is 0 Å². The number of hydrogen-bond donors (Lipinski definition) is 0. The topological polar surface area (TPSA) is 48.0 Å². The van der Waals surface area contributed by atoms with Crippen LogP contribution in [0.5, 0.6) is 0 Å². The second-order valence-electron chi connectivity index (χ2n) is 5.61. The third-order valence-corrected chi connectivity index (χ3v) is 4.33. The van der Waals surface area contributed by atoms with Crippen molar-refractivity contribution in [3.05, 3.63) is 60.8 Å². The first-order valence-electron chi connectivity index (χ1n) is 7.47. The zero-order valence-electron chi connectivity index (χ0n) is 12.5. The lowest BCUT2D eigenvalue weighted by Gasteiger charge is -2.01. The van der Waals surface area contributed by atoms with Crippen LogP contribution in [0.25, 0.3) is 38.8 Å². The quantitative estimate of drug-likeness (QED) is 0.476. The predicted octanol–water partition coefficient (Wildman–Crippen LogP) is 3.44. The molecule has 23 heavy (non-hydrogen) atoms. The first kappa shape index (κ1) is 12.3. The maximum absolute atomic E-state index is 4.59. The summed E-state index contributed by atoms with van der Waals surface area (Å²) in [5, 5.41) is 15.6. The highest BCUT2D eigenvalue weighted by Gasteiger charge is 2.16. The lowest BCUT2D eigenvalue weighted by Crippen LogP contribution is -1.97. The number of aromatic nitrogens is 5. The normalized spacial score (nSPS) is 11.7. The van der Waals surface area contributed by atoms with Crippen LogP contribution in [-0.2, 0) is 7.05 Å². The van der Waals surface area contributed by atoms with Crippen molar-refractivity contribution in [2.45, 2.75) is 0 Å². The summed E-state index contributed by atoms with van der Waals surface area (Å²) in [6, 6.07) is 18.3. The molecule has 0 aliphatic carbocycles. The van der Waals surface area contributed by atoms with Crippen LogP contribution in [0, 0.1) is 0 Å². The summed E-state index contributed by atoms with van der Waals surface area (Å²) in [6.07, 6.45) is 1.90. The zero-order chi connectivity index (χ0) is 15.4. The average molecular weight is 299 g/mol. The summed E-state index contributed by atoms with van der Waals surface area (Å²) >= 11 is 0. The monoisotopic (exact) mass is 299 g/mol. The number of hydrogen-bond acceptors (Lipinski definition) is 3. The van der Waals surface area contributed by atoms with Crippen molar-refractivity contribution in [3.8, 4) is 11.4 Å². The molecule has 110 valence electrons. The number of rotatable bonds is 1. The number of aryl methyl sites for hydroxylation is 1. The van der Waals surface area contributed by atoms with Gasteiger partial charge in [-0.1, -0.05) is 48.5 Å². The molecular weight excluding hydrogens is 286 g/mol. The molecule has 0 saturated carbocycles. The molecule has 0 bridgehead atoms. The Morgan fingerprint density at radius 1 is 0.826 bits per heavy atom. The second-order valence-corrected chi connectivity index (χ2v) is 5.61. The van der Waals surface area contributed by atoms with Gasteiger partial charge in [-0.3, -0.25) is 0 Å². The van der Waals surface area contributed by atoms with Gasteiger partial charge < -0.3 is 4.57 Å². The van der Waals surface area contributed by atoms with Crippen LogP contribution < -0.4 is 0 Å². The fraction of sp³-hybridized carbons (Fsp3) is 0.0556. The molecule has 0 unspecified atom stereocenters. The summed E-state index contributed by atoms with van der Waals surface area (Å²) in [6.45, 7) is 0. The molecule has 5 aromatic rings. The van der Waals surface area contributed by atoms with E-state index in [1.165, 1.54) is 10.9 Å². The van der Waals surface area contributed by atoms with E-state index >= 15 is 0 Å². The summed E-state index contributed by atoms with van der Waals surface area (Å²) in [5.74, 6) is 0.757.